The summed E-state index contributed by atoms with van der Waals surface area (Å²) in [6.45, 7) is 16.6. The molecule has 1 aliphatic heterocycles. The highest BCUT2D eigenvalue weighted by molar-refractivity contribution is 5.75. The molecule has 1 aromatic carbocycles. The third-order valence-corrected chi connectivity index (χ3v) is 6.42. The maximum Gasteiger partial charge on any atom is 0.131 e. The number of hydrogen-bond donors (Lipinski definition) is 0. The van der Waals surface area contributed by atoms with Crippen LogP contribution < -0.4 is 4.90 Å². The molecule has 3 nitrogen and oxygen atoms in total. The van der Waals surface area contributed by atoms with Crippen LogP contribution in [0.3, 0.4) is 0 Å². The Morgan fingerprint density at radius 3 is 2.19 bits per heavy atom. The molecule has 0 bridgehead atoms. The summed E-state index contributed by atoms with van der Waals surface area (Å²) >= 11 is 0. The molecule has 1 aromatic rings. The lowest BCUT2D eigenvalue weighted by molar-refractivity contribution is -0.117. The van der Waals surface area contributed by atoms with Gasteiger partial charge in [-0.05, 0) is 54.6 Å². The van der Waals surface area contributed by atoms with E-state index in [2.05, 4.69) is 61.8 Å². The smallest absolute Gasteiger partial charge is 0.131 e. The van der Waals surface area contributed by atoms with E-state index < -0.39 is 0 Å². The van der Waals surface area contributed by atoms with Gasteiger partial charge in [-0.15, -0.1) is 0 Å². The van der Waals surface area contributed by atoms with Crippen molar-refractivity contribution in [3.8, 4) is 0 Å². The van der Waals surface area contributed by atoms with Gasteiger partial charge >= 0.3 is 0 Å². The summed E-state index contributed by atoms with van der Waals surface area (Å²) in [5, 5.41) is 0. The van der Waals surface area contributed by atoms with E-state index in [9.17, 15) is 4.79 Å². The van der Waals surface area contributed by atoms with Crippen LogP contribution in [0.25, 0.3) is 0 Å². The molecule has 0 spiro atoms. The van der Waals surface area contributed by atoms with Crippen LogP contribution in [-0.2, 0) is 4.79 Å². The number of rotatable bonds is 5. The van der Waals surface area contributed by atoms with Crippen LogP contribution in [0, 0.1) is 10.8 Å². The number of nitrogens with zero attached hydrogens (tertiary/aromatic N) is 2. The van der Waals surface area contributed by atoms with Gasteiger partial charge in [0.15, 0.2) is 0 Å². The predicted octanol–water partition coefficient (Wildman–Crippen LogP) is 5.11. The van der Waals surface area contributed by atoms with E-state index in [0.717, 1.165) is 32.7 Å². The van der Waals surface area contributed by atoms with Gasteiger partial charge in [-0.25, -0.2) is 0 Å². The third kappa shape index (κ3) is 5.34. The lowest BCUT2D eigenvalue weighted by Crippen LogP contribution is -2.47. The van der Waals surface area contributed by atoms with Crippen molar-refractivity contribution in [2.45, 2.75) is 66.2 Å². The normalized spacial score (nSPS) is 23.4. The predicted molar refractivity (Wildman–Crippen MR) is 115 cm³/mol. The summed E-state index contributed by atoms with van der Waals surface area (Å²) in [5.74, 6) is 0.945. The first-order chi connectivity index (χ1) is 12.7. The first-order valence-corrected chi connectivity index (χ1v) is 10.7. The molecule has 0 unspecified atom stereocenters. The van der Waals surface area contributed by atoms with E-state index in [1.165, 1.54) is 24.9 Å². The maximum atomic E-state index is 11.3. The fourth-order valence-corrected chi connectivity index (χ4v) is 5.71. The second-order valence-corrected chi connectivity index (χ2v) is 10.4. The number of hydrogen-bond acceptors (Lipinski definition) is 3. The number of Topliss-reactive ketones (excluding diaryl/α,β-unsaturated/α-hetero) is 1. The number of carbonyl (C=O) groups excluding carboxylic acids is 1. The molecule has 0 aromatic heterocycles. The topological polar surface area (TPSA) is 23.6 Å². The summed E-state index contributed by atoms with van der Waals surface area (Å²) in [4.78, 5) is 16.3. The monoisotopic (exact) mass is 370 g/mol. The summed E-state index contributed by atoms with van der Waals surface area (Å²) in [5.41, 5.74) is 3.81. The second-order valence-electron chi connectivity index (χ2n) is 10.4. The minimum atomic E-state index is 0.297. The number of carbonyl (C=O) groups is 1. The van der Waals surface area contributed by atoms with Crippen molar-refractivity contribution in [1.29, 1.82) is 0 Å². The van der Waals surface area contributed by atoms with Crippen LogP contribution in [0.1, 0.15) is 71.8 Å². The molecular weight excluding hydrogens is 332 g/mol. The van der Waals surface area contributed by atoms with Crippen LogP contribution in [0.5, 0.6) is 0 Å². The average Bonchev–Trinajstić information content (AvgIpc) is 2.58. The van der Waals surface area contributed by atoms with Crippen molar-refractivity contribution < 1.29 is 4.79 Å². The molecule has 1 heterocycles. The fourth-order valence-electron chi connectivity index (χ4n) is 5.71. The van der Waals surface area contributed by atoms with Crippen LogP contribution >= 0.6 is 0 Å². The van der Waals surface area contributed by atoms with Crippen molar-refractivity contribution in [2.75, 3.05) is 37.6 Å². The molecule has 2 aliphatic rings. The fraction of sp³-hybridized carbons (Fsp3) is 0.708. The van der Waals surface area contributed by atoms with Crippen molar-refractivity contribution in [1.82, 2.24) is 4.90 Å². The highest BCUT2D eigenvalue weighted by Crippen LogP contribution is 2.53. The van der Waals surface area contributed by atoms with Crippen molar-refractivity contribution >= 4 is 11.5 Å². The minimum absolute atomic E-state index is 0.297. The van der Waals surface area contributed by atoms with E-state index in [-0.39, 0.29) is 0 Å². The van der Waals surface area contributed by atoms with Gasteiger partial charge in [0.2, 0.25) is 0 Å². The number of para-hydroxylation sites is 1. The zero-order chi connectivity index (χ0) is 19.7. The van der Waals surface area contributed by atoms with E-state index in [4.69, 9.17) is 0 Å². The van der Waals surface area contributed by atoms with Crippen LogP contribution in [0.2, 0.25) is 0 Å². The SMILES string of the molecule is CC(=O)CCN1CCN(c2ccccc2C2CC(C)(C)CC(C)(C)C2)CC1. The number of benzene rings is 1. The molecule has 0 N–H and O–H groups in total. The molecule has 0 radical (unpaired) electrons. The Balaban J connectivity index is 1.73. The Labute approximate surface area is 166 Å². The van der Waals surface area contributed by atoms with Gasteiger partial charge in [0.05, 0.1) is 0 Å². The van der Waals surface area contributed by atoms with E-state index >= 15 is 0 Å². The van der Waals surface area contributed by atoms with Gasteiger partial charge in [0.1, 0.15) is 5.78 Å². The first-order valence-electron chi connectivity index (χ1n) is 10.7. The van der Waals surface area contributed by atoms with E-state index in [0.29, 0.717) is 29.0 Å². The zero-order valence-corrected chi connectivity index (χ0v) is 18.1. The summed E-state index contributed by atoms with van der Waals surface area (Å²) in [6.07, 6.45) is 4.56. The molecule has 1 aliphatic carbocycles. The Hall–Kier alpha value is -1.35. The number of piperazine rings is 1. The third-order valence-electron chi connectivity index (χ3n) is 6.42. The van der Waals surface area contributed by atoms with Crippen molar-refractivity contribution in [3.05, 3.63) is 29.8 Å². The Morgan fingerprint density at radius 1 is 1.00 bits per heavy atom. The van der Waals surface area contributed by atoms with E-state index in [1.807, 2.05) is 0 Å². The lowest BCUT2D eigenvalue weighted by atomic mass is 9.60. The van der Waals surface area contributed by atoms with Gasteiger partial charge in [-0.1, -0.05) is 45.9 Å². The second kappa shape index (κ2) is 7.95. The van der Waals surface area contributed by atoms with Gasteiger partial charge in [0.25, 0.3) is 0 Å². The van der Waals surface area contributed by atoms with Crippen molar-refractivity contribution in [2.24, 2.45) is 10.8 Å². The largest absolute Gasteiger partial charge is 0.369 e. The van der Waals surface area contributed by atoms with Gasteiger partial charge < -0.3 is 4.90 Å². The van der Waals surface area contributed by atoms with E-state index in [1.54, 1.807) is 12.5 Å². The highest BCUT2D eigenvalue weighted by atomic mass is 16.1. The Bertz CT molecular complexity index is 640. The molecule has 150 valence electrons. The molecule has 0 amide bonds. The lowest BCUT2D eigenvalue weighted by Gasteiger charge is -2.46. The van der Waals surface area contributed by atoms with Crippen LogP contribution in [-0.4, -0.2) is 43.4 Å². The minimum Gasteiger partial charge on any atom is -0.369 e. The average molecular weight is 371 g/mol. The number of anilines is 1. The van der Waals surface area contributed by atoms with Gasteiger partial charge in [-0.3, -0.25) is 9.69 Å². The standard InChI is InChI=1S/C24H38N2O/c1-19(27)10-11-25-12-14-26(15-13-25)22-9-7-6-8-21(22)20-16-23(2,3)18-24(4,5)17-20/h6-9,20H,10-18H2,1-5H3. The van der Waals surface area contributed by atoms with Crippen LogP contribution in [0.15, 0.2) is 24.3 Å². The molecular formula is C24H38N2O. The van der Waals surface area contributed by atoms with Gasteiger partial charge in [-0.2, -0.15) is 0 Å². The molecule has 2 fully saturated rings. The summed E-state index contributed by atoms with van der Waals surface area (Å²) < 4.78 is 0. The molecule has 0 atom stereocenters. The molecule has 3 rings (SSSR count). The quantitative estimate of drug-likeness (QED) is 0.720. The summed E-state index contributed by atoms with van der Waals surface area (Å²) in [7, 11) is 0. The zero-order valence-electron chi connectivity index (χ0n) is 18.1. The molecule has 1 saturated carbocycles. The highest BCUT2D eigenvalue weighted by Gasteiger charge is 2.39. The summed E-state index contributed by atoms with van der Waals surface area (Å²) in [6, 6.07) is 9.12. The Morgan fingerprint density at radius 2 is 1.59 bits per heavy atom. The number of ketones is 1. The van der Waals surface area contributed by atoms with Gasteiger partial charge in [0, 0.05) is 44.8 Å². The van der Waals surface area contributed by atoms with Crippen LogP contribution in [0.4, 0.5) is 5.69 Å². The molecule has 27 heavy (non-hydrogen) atoms. The maximum absolute atomic E-state index is 11.3. The molecule has 1 saturated heterocycles. The Kier molecular flexibility index (Phi) is 6.00. The molecule has 3 heteroatoms. The first kappa shape index (κ1) is 20.4. The van der Waals surface area contributed by atoms with Crippen molar-refractivity contribution in [3.63, 3.8) is 0 Å².